The molecule has 4 nitrogen and oxygen atoms in total. The Bertz CT molecular complexity index is 29.4. The Kier molecular flexibility index (Phi) is 25.0. The van der Waals surface area contributed by atoms with Gasteiger partial charge in [-0.3, -0.25) is 4.79 Å². The third kappa shape index (κ3) is 407. The van der Waals surface area contributed by atoms with Gasteiger partial charge in [-0.2, -0.15) is 0 Å². The second-order valence-electron chi connectivity index (χ2n) is 0.561. The number of nitrogens with two attached hydrogens (primary N) is 1. The van der Waals surface area contributed by atoms with Crippen molar-refractivity contribution in [1.82, 2.24) is 0 Å². The van der Waals surface area contributed by atoms with E-state index in [1.54, 1.807) is 0 Å². The highest BCUT2D eigenvalue weighted by atomic mass is 16.6. The molecule has 0 aromatic heterocycles. The van der Waals surface area contributed by atoms with Gasteiger partial charge in [0.1, 0.15) is 0 Å². The topological polar surface area (TPSA) is 72.5 Å². The molecule has 0 aliphatic carbocycles. The average Bonchev–Trinajstić information content (AvgIpc) is 1.69. The fourth-order valence-corrected chi connectivity index (χ4v) is 0. The Morgan fingerprint density at radius 1 is 2.00 bits per heavy atom. The molecule has 0 bridgehead atoms. The zero-order valence-electron chi connectivity index (χ0n) is 4.13. The van der Waals surface area contributed by atoms with Crippen LogP contribution in [0.2, 0.25) is 0 Å². The van der Waals surface area contributed by atoms with Crippen molar-refractivity contribution in [2.45, 2.75) is 6.92 Å². The molecule has 0 heterocycles. The van der Waals surface area contributed by atoms with Crippen LogP contribution in [0.4, 0.5) is 0 Å². The summed E-state index contributed by atoms with van der Waals surface area (Å²) < 4.78 is 0. The lowest BCUT2D eigenvalue weighted by atomic mass is 10.9. The monoisotopic (exact) mass is 107 g/mol. The van der Waals surface area contributed by atoms with Crippen LogP contribution >= 0.6 is 0 Å². The SMILES string of the molecule is CCON.O=CO. The molecular weight excluding hydrogens is 98.0 g/mol. The van der Waals surface area contributed by atoms with Crippen LogP contribution in [0.5, 0.6) is 0 Å². The highest BCUT2D eigenvalue weighted by molar-refractivity contribution is 5.32. The van der Waals surface area contributed by atoms with Crippen molar-refractivity contribution in [3.8, 4) is 0 Å². The molecular formula is C3H9NO3. The molecule has 7 heavy (non-hydrogen) atoms. The van der Waals surface area contributed by atoms with Crippen LogP contribution in [0.15, 0.2) is 0 Å². The Morgan fingerprint density at radius 3 is 2.14 bits per heavy atom. The lowest BCUT2D eigenvalue weighted by molar-refractivity contribution is -0.122. The van der Waals surface area contributed by atoms with Crippen molar-refractivity contribution in [2.24, 2.45) is 5.90 Å². The number of hydrogen-bond acceptors (Lipinski definition) is 3. The third-order valence-electron chi connectivity index (χ3n) is 0.167. The predicted octanol–water partition coefficient (Wildman–Crippen LogP) is -0.403. The first kappa shape index (κ1) is 9.63. The van der Waals surface area contributed by atoms with E-state index in [1.165, 1.54) is 0 Å². The highest BCUT2D eigenvalue weighted by Crippen LogP contribution is 1.46. The van der Waals surface area contributed by atoms with Crippen molar-refractivity contribution < 1.29 is 14.7 Å². The molecule has 3 N–H and O–H groups in total. The molecule has 0 radical (unpaired) electrons. The number of hydrogen-bond donors (Lipinski definition) is 2. The Hall–Kier alpha value is -0.610. The van der Waals surface area contributed by atoms with E-state index in [0.717, 1.165) is 0 Å². The van der Waals surface area contributed by atoms with E-state index >= 15 is 0 Å². The van der Waals surface area contributed by atoms with E-state index in [1.807, 2.05) is 6.92 Å². The number of carboxylic acid groups (broad SMARTS) is 1. The fourth-order valence-electron chi connectivity index (χ4n) is 0. The summed E-state index contributed by atoms with van der Waals surface area (Å²) in [5.74, 6) is 4.53. The standard InChI is InChI=1S/C2H7NO.CH2O2/c1-2-4-3;2-1-3/h2-3H2,1H3;1H,(H,2,3). The van der Waals surface area contributed by atoms with Crippen LogP contribution in [-0.2, 0) is 9.63 Å². The maximum absolute atomic E-state index is 8.36. The molecule has 0 saturated heterocycles. The molecule has 0 spiro atoms. The van der Waals surface area contributed by atoms with Crippen molar-refractivity contribution >= 4 is 6.47 Å². The summed E-state index contributed by atoms with van der Waals surface area (Å²) in [6, 6.07) is 0. The van der Waals surface area contributed by atoms with Crippen LogP contribution in [0, 0.1) is 0 Å². The van der Waals surface area contributed by atoms with Crippen molar-refractivity contribution in [2.75, 3.05) is 6.61 Å². The van der Waals surface area contributed by atoms with E-state index in [9.17, 15) is 0 Å². The molecule has 0 atom stereocenters. The van der Waals surface area contributed by atoms with Gasteiger partial charge in [0, 0.05) is 0 Å². The first-order chi connectivity index (χ1) is 3.33. The molecule has 0 aliphatic rings. The van der Waals surface area contributed by atoms with Gasteiger partial charge in [0.25, 0.3) is 6.47 Å². The third-order valence-corrected chi connectivity index (χ3v) is 0.167. The summed E-state index contributed by atoms with van der Waals surface area (Å²) in [6.07, 6.45) is 0. The zero-order valence-corrected chi connectivity index (χ0v) is 4.13. The molecule has 44 valence electrons. The van der Waals surface area contributed by atoms with Crippen LogP contribution in [0.1, 0.15) is 6.92 Å². The van der Waals surface area contributed by atoms with Gasteiger partial charge in [-0.1, -0.05) is 0 Å². The molecule has 0 amide bonds. The summed E-state index contributed by atoms with van der Waals surface area (Å²) in [4.78, 5) is 12.4. The fraction of sp³-hybridized carbons (Fsp3) is 0.667. The molecule has 0 aromatic rings. The largest absolute Gasteiger partial charge is 0.483 e. The van der Waals surface area contributed by atoms with E-state index in [0.29, 0.717) is 6.61 Å². The number of rotatable bonds is 1. The summed E-state index contributed by atoms with van der Waals surface area (Å²) in [6.45, 7) is 2.18. The molecule has 0 aliphatic heterocycles. The predicted molar refractivity (Wildman–Crippen MR) is 24.5 cm³/mol. The Labute approximate surface area is 41.8 Å². The maximum atomic E-state index is 8.36. The van der Waals surface area contributed by atoms with Gasteiger partial charge in [-0.05, 0) is 6.92 Å². The molecule has 0 rings (SSSR count). The summed E-state index contributed by atoms with van der Waals surface area (Å²) in [5, 5.41) is 6.89. The van der Waals surface area contributed by atoms with Gasteiger partial charge in [-0.25, -0.2) is 5.90 Å². The summed E-state index contributed by atoms with van der Waals surface area (Å²) in [5.41, 5.74) is 0. The second kappa shape index (κ2) is 18.2. The van der Waals surface area contributed by atoms with Gasteiger partial charge in [0.15, 0.2) is 0 Å². The average molecular weight is 107 g/mol. The van der Waals surface area contributed by atoms with Crippen LogP contribution in [0.3, 0.4) is 0 Å². The van der Waals surface area contributed by atoms with Gasteiger partial charge < -0.3 is 9.94 Å². The number of carbonyl (C=O) groups is 1. The lowest BCUT2D eigenvalue weighted by Gasteiger charge is -1.76. The lowest BCUT2D eigenvalue weighted by Crippen LogP contribution is -1.94. The van der Waals surface area contributed by atoms with E-state index in [4.69, 9.17) is 9.90 Å². The van der Waals surface area contributed by atoms with Crippen LogP contribution < -0.4 is 5.90 Å². The first-order valence-electron chi connectivity index (χ1n) is 1.73. The minimum absolute atomic E-state index is 0.250. The van der Waals surface area contributed by atoms with Gasteiger partial charge >= 0.3 is 0 Å². The first-order valence-corrected chi connectivity index (χ1v) is 1.73. The summed E-state index contributed by atoms with van der Waals surface area (Å²) >= 11 is 0. The zero-order chi connectivity index (χ0) is 6.12. The van der Waals surface area contributed by atoms with E-state index in [2.05, 4.69) is 10.7 Å². The normalized spacial score (nSPS) is 6.00. The van der Waals surface area contributed by atoms with Crippen molar-refractivity contribution in [3.05, 3.63) is 0 Å². The van der Waals surface area contributed by atoms with Crippen LogP contribution in [0.25, 0.3) is 0 Å². The van der Waals surface area contributed by atoms with Gasteiger partial charge in [-0.15, -0.1) is 0 Å². The molecule has 0 unspecified atom stereocenters. The smallest absolute Gasteiger partial charge is 0.290 e. The summed E-state index contributed by atoms with van der Waals surface area (Å²) in [7, 11) is 0. The van der Waals surface area contributed by atoms with Crippen molar-refractivity contribution in [3.63, 3.8) is 0 Å². The van der Waals surface area contributed by atoms with Gasteiger partial charge in [0.05, 0.1) is 6.61 Å². The quantitative estimate of drug-likeness (QED) is 0.353. The molecule has 4 heteroatoms. The molecule has 0 fully saturated rings. The van der Waals surface area contributed by atoms with Crippen molar-refractivity contribution in [1.29, 1.82) is 0 Å². The molecule has 0 saturated carbocycles. The minimum Gasteiger partial charge on any atom is -0.483 e. The Morgan fingerprint density at radius 2 is 2.14 bits per heavy atom. The second-order valence-corrected chi connectivity index (χ2v) is 0.561. The van der Waals surface area contributed by atoms with Crippen LogP contribution in [-0.4, -0.2) is 18.2 Å². The van der Waals surface area contributed by atoms with Gasteiger partial charge in [0.2, 0.25) is 0 Å². The maximum Gasteiger partial charge on any atom is 0.290 e. The Balaban J connectivity index is 0. The van der Waals surface area contributed by atoms with E-state index < -0.39 is 0 Å². The highest BCUT2D eigenvalue weighted by Gasteiger charge is 1.52. The molecule has 0 aromatic carbocycles. The van der Waals surface area contributed by atoms with E-state index in [-0.39, 0.29) is 6.47 Å². The minimum atomic E-state index is -0.250.